The number of nitrogens with one attached hydrogen (secondary N) is 1. The summed E-state index contributed by atoms with van der Waals surface area (Å²) < 4.78 is 5.54. The Balaban J connectivity index is 1.74. The summed E-state index contributed by atoms with van der Waals surface area (Å²) in [6.07, 6.45) is 2.57. The molecular formula is C17H21N5O2. The van der Waals surface area contributed by atoms with Gasteiger partial charge < -0.3 is 21.5 Å². The quantitative estimate of drug-likeness (QED) is 0.401. The smallest absolute Gasteiger partial charge is 0.344 e. The zero-order valence-electron chi connectivity index (χ0n) is 13.3. The van der Waals surface area contributed by atoms with E-state index in [1.807, 2.05) is 30.3 Å². The highest BCUT2D eigenvalue weighted by Gasteiger charge is 2.01. The number of carbonyl (C=O) groups excluding carboxylic acids is 1. The highest BCUT2D eigenvalue weighted by Crippen LogP contribution is 2.10. The number of aliphatic imine (C=N–C) groups is 1. The molecule has 0 saturated carbocycles. The second kappa shape index (κ2) is 9.26. The molecule has 7 heteroatoms. The predicted molar refractivity (Wildman–Crippen MR) is 92.3 cm³/mol. The van der Waals surface area contributed by atoms with Gasteiger partial charge in [-0.1, -0.05) is 30.3 Å². The fourth-order valence-electron chi connectivity index (χ4n) is 2.12. The molecule has 1 heterocycles. The van der Waals surface area contributed by atoms with Crippen LogP contribution in [0.1, 0.15) is 16.8 Å². The van der Waals surface area contributed by atoms with Gasteiger partial charge >= 0.3 is 6.03 Å². The van der Waals surface area contributed by atoms with Gasteiger partial charge in [0.1, 0.15) is 0 Å². The molecule has 0 radical (unpaired) electrons. The second-order valence-electron chi connectivity index (χ2n) is 5.14. The van der Waals surface area contributed by atoms with Crippen LogP contribution in [0.4, 0.5) is 4.79 Å². The first kappa shape index (κ1) is 17.4. The minimum absolute atomic E-state index is 0.266. The van der Waals surface area contributed by atoms with E-state index in [-0.39, 0.29) is 5.96 Å². The van der Waals surface area contributed by atoms with Gasteiger partial charge in [0.25, 0.3) is 0 Å². The lowest BCUT2D eigenvalue weighted by Gasteiger charge is -2.07. The van der Waals surface area contributed by atoms with Crippen molar-refractivity contribution < 1.29 is 9.53 Å². The molecule has 0 saturated heterocycles. The summed E-state index contributed by atoms with van der Waals surface area (Å²) in [6.45, 7) is 1.17. The maximum Gasteiger partial charge on any atom is 0.344 e. The fraction of sp³-hybridized carbons (Fsp3) is 0.235. The van der Waals surface area contributed by atoms with E-state index in [0.717, 1.165) is 17.7 Å². The molecule has 1 aromatic heterocycles. The lowest BCUT2D eigenvalue weighted by Crippen LogP contribution is -2.30. The molecule has 2 amide bonds. The Morgan fingerprint density at radius 1 is 1.17 bits per heavy atom. The van der Waals surface area contributed by atoms with Gasteiger partial charge in [0.05, 0.1) is 13.2 Å². The third-order valence-corrected chi connectivity index (χ3v) is 3.12. The van der Waals surface area contributed by atoms with Crippen molar-refractivity contribution in [2.75, 3.05) is 13.2 Å². The zero-order valence-corrected chi connectivity index (χ0v) is 13.3. The summed E-state index contributed by atoms with van der Waals surface area (Å²) in [5.74, 6) is -0.266. The predicted octanol–water partition coefficient (Wildman–Crippen LogP) is 1.17. The van der Waals surface area contributed by atoms with E-state index in [2.05, 4.69) is 27.4 Å². The third kappa shape index (κ3) is 6.45. The molecular weight excluding hydrogens is 306 g/mol. The van der Waals surface area contributed by atoms with Gasteiger partial charge in [-0.25, -0.2) is 4.79 Å². The van der Waals surface area contributed by atoms with Gasteiger partial charge in [0, 0.05) is 24.9 Å². The highest BCUT2D eigenvalue weighted by atomic mass is 16.5. The van der Waals surface area contributed by atoms with E-state index in [1.165, 1.54) is 5.56 Å². The minimum Gasteiger partial charge on any atom is -0.375 e. The maximum atomic E-state index is 11.2. The molecule has 0 aliphatic carbocycles. The monoisotopic (exact) mass is 327 g/mol. The molecule has 0 aliphatic rings. The Hall–Kier alpha value is -2.93. The van der Waals surface area contributed by atoms with Gasteiger partial charge in [0.2, 0.25) is 0 Å². The van der Waals surface area contributed by atoms with Crippen LogP contribution < -0.4 is 16.8 Å². The van der Waals surface area contributed by atoms with Crippen molar-refractivity contribution in [2.24, 2.45) is 16.5 Å². The van der Waals surface area contributed by atoms with Crippen LogP contribution >= 0.6 is 0 Å². The molecule has 1 aromatic carbocycles. The average Bonchev–Trinajstić information content (AvgIpc) is 2.55. The van der Waals surface area contributed by atoms with Crippen molar-refractivity contribution >= 4 is 12.0 Å². The molecule has 0 fully saturated rings. The molecule has 2 rings (SSSR count). The highest BCUT2D eigenvalue weighted by molar-refractivity contribution is 5.90. The van der Waals surface area contributed by atoms with Crippen molar-refractivity contribution in [1.82, 2.24) is 10.3 Å². The number of hydrogen-bond donors (Lipinski definition) is 3. The topological polar surface area (TPSA) is 116 Å². The molecule has 0 atom stereocenters. The Morgan fingerprint density at radius 3 is 2.75 bits per heavy atom. The van der Waals surface area contributed by atoms with E-state index >= 15 is 0 Å². The number of rotatable bonds is 7. The molecule has 126 valence electrons. The summed E-state index contributed by atoms with van der Waals surface area (Å²) >= 11 is 0. The maximum absolute atomic E-state index is 11.2. The van der Waals surface area contributed by atoms with Crippen LogP contribution in [0.5, 0.6) is 0 Å². The molecule has 24 heavy (non-hydrogen) atoms. The number of aromatic nitrogens is 1. The summed E-state index contributed by atoms with van der Waals surface area (Å²) in [5, 5.41) is 2.52. The van der Waals surface area contributed by atoms with Crippen molar-refractivity contribution in [1.29, 1.82) is 0 Å². The van der Waals surface area contributed by atoms with Crippen LogP contribution in [0.15, 0.2) is 53.7 Å². The first-order chi connectivity index (χ1) is 11.6. The van der Waals surface area contributed by atoms with E-state index in [9.17, 15) is 4.79 Å². The number of benzene rings is 1. The first-order valence-electron chi connectivity index (χ1n) is 7.56. The molecule has 0 spiro atoms. The van der Waals surface area contributed by atoms with Gasteiger partial charge in [-0.2, -0.15) is 4.99 Å². The Kier molecular flexibility index (Phi) is 6.73. The van der Waals surface area contributed by atoms with E-state index in [0.29, 0.717) is 19.8 Å². The van der Waals surface area contributed by atoms with Crippen LogP contribution in [0.25, 0.3) is 0 Å². The van der Waals surface area contributed by atoms with Crippen molar-refractivity contribution in [3.05, 3.63) is 65.5 Å². The van der Waals surface area contributed by atoms with Crippen LogP contribution in [0.2, 0.25) is 0 Å². The van der Waals surface area contributed by atoms with E-state index < -0.39 is 6.03 Å². The Bertz CT molecular complexity index is 684. The SMILES string of the molecule is NC(N)=NC(=O)NCCOCc1cccc(Cc2ccccn2)c1. The van der Waals surface area contributed by atoms with E-state index in [1.54, 1.807) is 6.20 Å². The molecule has 0 bridgehead atoms. The van der Waals surface area contributed by atoms with Gasteiger partial charge in [-0.05, 0) is 23.3 Å². The number of urea groups is 1. The van der Waals surface area contributed by atoms with Crippen LogP contribution in [0, 0.1) is 0 Å². The normalized spacial score (nSPS) is 10.2. The van der Waals surface area contributed by atoms with Crippen LogP contribution in [0.3, 0.4) is 0 Å². The van der Waals surface area contributed by atoms with Gasteiger partial charge in [-0.3, -0.25) is 4.98 Å². The van der Waals surface area contributed by atoms with E-state index in [4.69, 9.17) is 16.2 Å². The summed E-state index contributed by atoms with van der Waals surface area (Å²) in [7, 11) is 0. The number of nitrogens with two attached hydrogens (primary N) is 2. The summed E-state index contributed by atoms with van der Waals surface area (Å²) in [4.78, 5) is 18.9. The lowest BCUT2D eigenvalue weighted by molar-refractivity contribution is 0.124. The Morgan fingerprint density at radius 2 is 2.00 bits per heavy atom. The van der Waals surface area contributed by atoms with Crippen molar-refractivity contribution in [2.45, 2.75) is 13.0 Å². The second-order valence-corrected chi connectivity index (χ2v) is 5.14. The third-order valence-electron chi connectivity index (χ3n) is 3.12. The number of carbonyl (C=O) groups is 1. The van der Waals surface area contributed by atoms with Crippen molar-refractivity contribution in [3.63, 3.8) is 0 Å². The molecule has 2 aromatic rings. The number of guanidine groups is 1. The minimum atomic E-state index is -0.573. The summed E-state index contributed by atoms with van der Waals surface area (Å²) in [5.41, 5.74) is 13.5. The first-order valence-corrected chi connectivity index (χ1v) is 7.56. The average molecular weight is 327 g/mol. The largest absolute Gasteiger partial charge is 0.375 e. The fourth-order valence-corrected chi connectivity index (χ4v) is 2.12. The van der Waals surface area contributed by atoms with Crippen molar-refractivity contribution in [3.8, 4) is 0 Å². The Labute approximate surface area is 140 Å². The van der Waals surface area contributed by atoms with Crippen LogP contribution in [-0.2, 0) is 17.8 Å². The number of pyridine rings is 1. The molecule has 0 aliphatic heterocycles. The van der Waals surface area contributed by atoms with Gasteiger partial charge in [0.15, 0.2) is 5.96 Å². The zero-order chi connectivity index (χ0) is 17.2. The molecule has 7 nitrogen and oxygen atoms in total. The molecule has 0 unspecified atom stereocenters. The standard InChI is InChI=1S/C17H21N5O2/c18-16(19)22-17(23)21-8-9-24-12-14-5-3-4-13(10-14)11-15-6-1-2-7-20-15/h1-7,10H,8-9,11-12H2,(H5,18,19,21,22,23). The number of ether oxygens (including phenoxy) is 1. The number of amides is 2. The number of hydrogen-bond acceptors (Lipinski definition) is 3. The van der Waals surface area contributed by atoms with Crippen LogP contribution in [-0.4, -0.2) is 30.1 Å². The number of nitrogens with zero attached hydrogens (tertiary/aromatic N) is 2. The molecule has 5 N–H and O–H groups in total. The van der Waals surface area contributed by atoms with Gasteiger partial charge in [-0.15, -0.1) is 0 Å². The summed E-state index contributed by atoms with van der Waals surface area (Å²) in [6, 6.07) is 13.5. The lowest BCUT2D eigenvalue weighted by atomic mass is 10.1.